The number of aliphatic hydroxyl groups excluding tert-OH is 2. The van der Waals surface area contributed by atoms with E-state index >= 15 is 0 Å². The first-order valence-electron chi connectivity index (χ1n) is 4.67. The fourth-order valence-corrected chi connectivity index (χ4v) is 1.41. The smallest absolute Gasteiger partial charge is 0.0888 e. The molecular formula is C10H18O3. The van der Waals surface area contributed by atoms with Gasteiger partial charge in [-0.2, -0.15) is 0 Å². The van der Waals surface area contributed by atoms with Gasteiger partial charge in [-0.05, 0) is 32.3 Å². The molecule has 0 spiro atoms. The average molecular weight is 186 g/mol. The number of hydrogen-bond acceptors (Lipinski definition) is 3. The Kier molecular flexibility index (Phi) is 3.47. The van der Waals surface area contributed by atoms with E-state index in [2.05, 4.69) is 0 Å². The van der Waals surface area contributed by atoms with E-state index in [0.717, 1.165) is 12.0 Å². The van der Waals surface area contributed by atoms with Crippen LogP contribution < -0.4 is 0 Å². The first kappa shape index (κ1) is 10.7. The molecule has 0 aromatic rings. The Hall–Kier alpha value is -0.380. The van der Waals surface area contributed by atoms with Crippen LogP contribution in [0.15, 0.2) is 11.6 Å². The molecule has 0 saturated carbocycles. The first-order valence-corrected chi connectivity index (χ1v) is 4.67. The van der Waals surface area contributed by atoms with Gasteiger partial charge < -0.3 is 14.9 Å². The molecule has 1 aliphatic rings. The zero-order chi connectivity index (χ0) is 9.90. The summed E-state index contributed by atoms with van der Waals surface area (Å²) in [7, 11) is 0. The summed E-state index contributed by atoms with van der Waals surface area (Å²) in [5.74, 6) is 0. The van der Waals surface area contributed by atoms with Gasteiger partial charge in [0.1, 0.15) is 0 Å². The first-order chi connectivity index (χ1) is 6.06. The Morgan fingerprint density at radius 3 is 2.92 bits per heavy atom. The van der Waals surface area contributed by atoms with Crippen molar-refractivity contribution in [2.75, 3.05) is 13.2 Å². The molecule has 1 aliphatic heterocycles. The molecule has 3 nitrogen and oxygen atoms in total. The van der Waals surface area contributed by atoms with Crippen LogP contribution in [0.2, 0.25) is 0 Å². The normalized spacial score (nSPS) is 31.7. The molecule has 0 radical (unpaired) electrons. The highest BCUT2D eigenvalue weighted by atomic mass is 16.5. The summed E-state index contributed by atoms with van der Waals surface area (Å²) in [6, 6.07) is 0. The molecule has 1 saturated heterocycles. The summed E-state index contributed by atoms with van der Waals surface area (Å²) in [5, 5.41) is 18.4. The molecule has 0 amide bonds. The lowest BCUT2D eigenvalue weighted by Gasteiger charge is -2.27. The number of hydrogen-bond donors (Lipinski definition) is 2. The maximum atomic E-state index is 9.69. The molecule has 0 aromatic carbocycles. The maximum Gasteiger partial charge on any atom is 0.0888 e. The predicted octanol–water partition coefficient (Wildman–Crippen LogP) is 0.855. The second-order valence-corrected chi connectivity index (χ2v) is 3.99. The van der Waals surface area contributed by atoms with Gasteiger partial charge in [-0.25, -0.2) is 0 Å². The second kappa shape index (κ2) is 4.22. The molecule has 1 atom stereocenters. The molecule has 1 rings (SSSR count). The fourth-order valence-electron chi connectivity index (χ4n) is 1.41. The van der Waals surface area contributed by atoms with Gasteiger partial charge in [-0.1, -0.05) is 6.08 Å². The van der Waals surface area contributed by atoms with Crippen LogP contribution in [0.3, 0.4) is 0 Å². The highest BCUT2D eigenvalue weighted by molar-refractivity contribution is 5.06. The average Bonchev–Trinajstić information content (AvgIpc) is 2.19. The second-order valence-electron chi connectivity index (χ2n) is 3.99. The van der Waals surface area contributed by atoms with Gasteiger partial charge in [-0.3, -0.25) is 0 Å². The summed E-state index contributed by atoms with van der Waals surface area (Å²) in [4.78, 5) is 0. The van der Waals surface area contributed by atoms with Crippen molar-refractivity contribution >= 4 is 0 Å². The van der Waals surface area contributed by atoms with Crippen molar-refractivity contribution in [3.63, 3.8) is 0 Å². The van der Waals surface area contributed by atoms with Gasteiger partial charge in [0.15, 0.2) is 0 Å². The van der Waals surface area contributed by atoms with E-state index in [4.69, 9.17) is 9.84 Å². The molecule has 1 heterocycles. The molecule has 13 heavy (non-hydrogen) atoms. The van der Waals surface area contributed by atoms with E-state index in [1.165, 1.54) is 0 Å². The Morgan fingerprint density at radius 2 is 2.31 bits per heavy atom. The van der Waals surface area contributed by atoms with Crippen LogP contribution in [0.25, 0.3) is 0 Å². The van der Waals surface area contributed by atoms with Crippen molar-refractivity contribution in [1.82, 2.24) is 0 Å². The minimum Gasteiger partial charge on any atom is -0.392 e. The molecule has 3 heteroatoms. The summed E-state index contributed by atoms with van der Waals surface area (Å²) >= 11 is 0. The molecule has 0 aromatic heterocycles. The molecule has 1 unspecified atom stereocenters. The highest BCUT2D eigenvalue weighted by Crippen LogP contribution is 2.25. The van der Waals surface area contributed by atoms with Crippen LogP contribution in [0, 0.1) is 0 Å². The van der Waals surface area contributed by atoms with Crippen molar-refractivity contribution in [2.45, 2.75) is 38.4 Å². The third kappa shape index (κ3) is 2.79. The van der Waals surface area contributed by atoms with Gasteiger partial charge in [0.05, 0.1) is 24.9 Å². The van der Waals surface area contributed by atoms with Crippen LogP contribution in [0.5, 0.6) is 0 Å². The number of rotatable bonds is 1. The van der Waals surface area contributed by atoms with E-state index in [9.17, 15) is 5.11 Å². The molecule has 76 valence electrons. The third-order valence-corrected chi connectivity index (χ3v) is 2.55. The predicted molar refractivity (Wildman–Crippen MR) is 50.4 cm³/mol. The lowest BCUT2D eigenvalue weighted by Crippen LogP contribution is -2.37. The molecular weight excluding hydrogens is 168 g/mol. The van der Waals surface area contributed by atoms with Crippen molar-refractivity contribution in [1.29, 1.82) is 0 Å². The van der Waals surface area contributed by atoms with Crippen molar-refractivity contribution in [3.8, 4) is 0 Å². The van der Waals surface area contributed by atoms with E-state index in [1.807, 2.05) is 13.8 Å². The van der Waals surface area contributed by atoms with Crippen LogP contribution in [0.4, 0.5) is 0 Å². The van der Waals surface area contributed by atoms with Gasteiger partial charge in [0.25, 0.3) is 0 Å². The van der Waals surface area contributed by atoms with Crippen molar-refractivity contribution in [3.05, 3.63) is 11.6 Å². The monoisotopic (exact) mass is 186 g/mol. The highest BCUT2D eigenvalue weighted by Gasteiger charge is 2.31. The van der Waals surface area contributed by atoms with Gasteiger partial charge in [0.2, 0.25) is 0 Å². The van der Waals surface area contributed by atoms with Crippen LogP contribution in [0.1, 0.15) is 26.7 Å². The summed E-state index contributed by atoms with van der Waals surface area (Å²) in [6.45, 7) is 4.35. The zero-order valence-electron chi connectivity index (χ0n) is 8.29. The largest absolute Gasteiger partial charge is 0.392 e. The summed E-state index contributed by atoms with van der Waals surface area (Å²) in [6.07, 6.45) is 2.86. The summed E-state index contributed by atoms with van der Waals surface area (Å²) < 4.78 is 5.54. The van der Waals surface area contributed by atoms with Gasteiger partial charge in [0, 0.05) is 0 Å². The molecule has 0 aliphatic carbocycles. The van der Waals surface area contributed by atoms with E-state index in [0.29, 0.717) is 13.0 Å². The zero-order valence-corrected chi connectivity index (χ0v) is 8.29. The van der Waals surface area contributed by atoms with Crippen LogP contribution >= 0.6 is 0 Å². The Balaban J connectivity index is 2.62. The number of aliphatic hydroxyl groups is 2. The standard InChI is InChI=1S/C10H18O3/c1-10(2)9(12)4-3-8(5-6-11)7-13-10/h5,9,11-12H,3-4,6-7H2,1-2H3/b8-5+. The Morgan fingerprint density at radius 1 is 1.62 bits per heavy atom. The van der Waals surface area contributed by atoms with Gasteiger partial charge >= 0.3 is 0 Å². The molecule has 1 fully saturated rings. The Labute approximate surface area is 79.0 Å². The minimum atomic E-state index is -0.467. The van der Waals surface area contributed by atoms with E-state index in [-0.39, 0.29) is 6.61 Å². The minimum absolute atomic E-state index is 0.0508. The quantitative estimate of drug-likeness (QED) is 0.597. The molecule has 0 bridgehead atoms. The van der Waals surface area contributed by atoms with Crippen molar-refractivity contribution in [2.24, 2.45) is 0 Å². The van der Waals surface area contributed by atoms with E-state index in [1.54, 1.807) is 6.08 Å². The summed E-state index contributed by atoms with van der Waals surface area (Å²) in [5.41, 5.74) is 0.609. The lowest BCUT2D eigenvalue weighted by molar-refractivity contribution is -0.0856. The maximum absolute atomic E-state index is 9.69. The Bertz CT molecular complexity index is 196. The fraction of sp³-hybridized carbons (Fsp3) is 0.800. The lowest BCUT2D eigenvalue weighted by atomic mass is 9.97. The van der Waals surface area contributed by atoms with Gasteiger partial charge in [-0.15, -0.1) is 0 Å². The van der Waals surface area contributed by atoms with Crippen LogP contribution in [-0.2, 0) is 4.74 Å². The van der Waals surface area contributed by atoms with Crippen LogP contribution in [-0.4, -0.2) is 35.1 Å². The number of ether oxygens (including phenoxy) is 1. The topological polar surface area (TPSA) is 49.7 Å². The SMILES string of the molecule is CC1(C)OC/C(=C/CO)CCC1O. The third-order valence-electron chi connectivity index (χ3n) is 2.55. The van der Waals surface area contributed by atoms with E-state index < -0.39 is 11.7 Å². The molecule has 2 N–H and O–H groups in total. The van der Waals surface area contributed by atoms with Crippen molar-refractivity contribution < 1.29 is 14.9 Å².